The van der Waals surface area contributed by atoms with Crippen LogP contribution in [0.25, 0.3) is 0 Å². The highest BCUT2D eigenvalue weighted by atomic mass is 16.3. The first-order valence-electron chi connectivity index (χ1n) is 10.5. The van der Waals surface area contributed by atoms with E-state index in [9.17, 15) is 19.5 Å². The third kappa shape index (κ3) is 4.86. The first-order chi connectivity index (χ1) is 15.2. The molecule has 0 bridgehead atoms. The minimum Gasteiger partial charge on any atom is -0.396 e. The molecule has 166 valence electrons. The highest BCUT2D eigenvalue weighted by Gasteiger charge is 2.23. The number of hydrogen-bond acceptors (Lipinski definition) is 4. The van der Waals surface area contributed by atoms with Gasteiger partial charge in [0.15, 0.2) is 5.78 Å². The topological polar surface area (TPSA) is 102 Å². The number of carbonyl (C=O) groups is 2. The number of ketones is 1. The molecular formula is C26H28N2O4. The maximum Gasteiger partial charge on any atom is 0.250 e. The molecule has 0 aliphatic rings. The number of rotatable bonds is 8. The van der Waals surface area contributed by atoms with Gasteiger partial charge < -0.3 is 15.4 Å². The number of Topliss-reactive ketones (excluding diaryl/α,β-unsaturated/α-hetero) is 1. The van der Waals surface area contributed by atoms with Gasteiger partial charge >= 0.3 is 0 Å². The molecule has 0 saturated carbocycles. The Morgan fingerprint density at radius 3 is 2.41 bits per heavy atom. The smallest absolute Gasteiger partial charge is 0.250 e. The Bertz CT molecular complexity index is 1210. The molecule has 3 aromatic rings. The first kappa shape index (κ1) is 23.2. The number of primary amides is 1. The van der Waals surface area contributed by atoms with E-state index in [1.807, 2.05) is 50.2 Å². The number of aliphatic hydroxyl groups excluding tert-OH is 1. The van der Waals surface area contributed by atoms with Crippen LogP contribution >= 0.6 is 0 Å². The van der Waals surface area contributed by atoms with Crippen LogP contribution in [0.5, 0.6) is 0 Å². The number of benzene rings is 2. The summed E-state index contributed by atoms with van der Waals surface area (Å²) in [6.07, 6.45) is 1.74. The van der Waals surface area contributed by atoms with Crippen molar-refractivity contribution in [2.24, 2.45) is 12.8 Å². The number of aromatic nitrogens is 1. The predicted octanol–water partition coefficient (Wildman–Crippen LogP) is 3.29. The zero-order valence-electron chi connectivity index (χ0n) is 18.5. The van der Waals surface area contributed by atoms with Gasteiger partial charge in [0.1, 0.15) is 0 Å². The number of amides is 1. The minimum absolute atomic E-state index is 0.0930. The number of aryl methyl sites for hydroxylation is 2. The van der Waals surface area contributed by atoms with Crippen LogP contribution < -0.4 is 11.3 Å². The van der Waals surface area contributed by atoms with E-state index >= 15 is 0 Å². The molecule has 0 saturated heterocycles. The Morgan fingerprint density at radius 1 is 1.06 bits per heavy atom. The van der Waals surface area contributed by atoms with Crippen LogP contribution in [0.2, 0.25) is 0 Å². The van der Waals surface area contributed by atoms with Gasteiger partial charge in [-0.15, -0.1) is 0 Å². The van der Waals surface area contributed by atoms with Crippen molar-refractivity contribution < 1.29 is 14.7 Å². The van der Waals surface area contributed by atoms with E-state index < -0.39 is 5.91 Å². The van der Waals surface area contributed by atoms with E-state index in [0.29, 0.717) is 16.7 Å². The molecule has 2 atom stereocenters. The fourth-order valence-electron chi connectivity index (χ4n) is 3.98. The lowest BCUT2D eigenvalue weighted by molar-refractivity contribution is 0.0973. The van der Waals surface area contributed by atoms with Crippen LogP contribution in [0.4, 0.5) is 0 Å². The number of nitrogens with two attached hydrogens (primary N) is 1. The molecule has 0 fully saturated rings. The van der Waals surface area contributed by atoms with Crippen molar-refractivity contribution in [2.45, 2.75) is 32.1 Å². The van der Waals surface area contributed by atoms with Gasteiger partial charge in [0.25, 0.3) is 0 Å². The normalized spacial score (nSPS) is 12.9. The molecule has 1 unspecified atom stereocenters. The molecular weight excluding hydrogens is 404 g/mol. The molecule has 6 heteroatoms. The van der Waals surface area contributed by atoms with E-state index in [1.54, 1.807) is 25.4 Å². The Morgan fingerprint density at radius 2 is 1.78 bits per heavy atom. The summed E-state index contributed by atoms with van der Waals surface area (Å²) in [6, 6.07) is 16.2. The van der Waals surface area contributed by atoms with Gasteiger partial charge in [0.2, 0.25) is 11.5 Å². The summed E-state index contributed by atoms with van der Waals surface area (Å²) in [7, 11) is 1.61. The van der Waals surface area contributed by atoms with Gasteiger partial charge in [0, 0.05) is 55.3 Å². The standard InChI is InChI=1S/C26H28N2O4/c1-16-6-4-5-7-20(16)23(13-24(30)19-9-11-25(31)28(3)14-19)18-8-10-21(26(27)32)22(12-18)17(2)15-29/h4-12,14,17,23,29H,13,15H2,1-3H3,(H2,27,32)/t17-,23?/m1/s1. The largest absolute Gasteiger partial charge is 0.396 e. The number of carbonyl (C=O) groups excluding carboxylic acids is 2. The van der Waals surface area contributed by atoms with Gasteiger partial charge in [-0.3, -0.25) is 14.4 Å². The van der Waals surface area contributed by atoms with E-state index in [2.05, 4.69) is 0 Å². The Labute approximate surface area is 187 Å². The first-order valence-corrected chi connectivity index (χ1v) is 10.5. The van der Waals surface area contributed by atoms with Crippen LogP contribution in [0.3, 0.4) is 0 Å². The summed E-state index contributed by atoms with van der Waals surface area (Å²) in [5.41, 5.74) is 9.76. The van der Waals surface area contributed by atoms with Gasteiger partial charge in [-0.05, 0) is 41.3 Å². The third-order valence-electron chi connectivity index (χ3n) is 5.91. The third-order valence-corrected chi connectivity index (χ3v) is 5.91. The van der Waals surface area contributed by atoms with E-state index in [0.717, 1.165) is 16.7 Å². The fraction of sp³-hybridized carbons (Fsp3) is 0.269. The van der Waals surface area contributed by atoms with Gasteiger partial charge in [-0.2, -0.15) is 0 Å². The van der Waals surface area contributed by atoms with Crippen LogP contribution in [0.15, 0.2) is 65.6 Å². The summed E-state index contributed by atoms with van der Waals surface area (Å²) >= 11 is 0. The SMILES string of the molecule is Cc1ccccc1C(CC(=O)c1ccc(=O)n(C)c1)c1ccc(C(N)=O)c([C@H](C)CO)c1. The summed E-state index contributed by atoms with van der Waals surface area (Å²) in [5.74, 6) is -1.20. The summed E-state index contributed by atoms with van der Waals surface area (Å²) < 4.78 is 1.39. The van der Waals surface area contributed by atoms with E-state index in [4.69, 9.17) is 5.73 Å². The van der Waals surface area contributed by atoms with Crippen LogP contribution in [0.1, 0.15) is 68.2 Å². The quantitative estimate of drug-likeness (QED) is 0.533. The van der Waals surface area contributed by atoms with Crippen molar-refractivity contribution >= 4 is 11.7 Å². The molecule has 32 heavy (non-hydrogen) atoms. The molecule has 1 heterocycles. The van der Waals surface area contributed by atoms with Gasteiger partial charge in [0.05, 0.1) is 0 Å². The molecule has 1 aromatic heterocycles. The number of nitrogens with zero attached hydrogens (tertiary/aromatic N) is 1. The van der Waals surface area contributed by atoms with Gasteiger partial charge in [-0.25, -0.2) is 0 Å². The van der Waals surface area contributed by atoms with Crippen molar-refractivity contribution in [1.29, 1.82) is 0 Å². The molecule has 0 aliphatic carbocycles. The maximum atomic E-state index is 13.2. The highest BCUT2D eigenvalue weighted by molar-refractivity contribution is 5.97. The van der Waals surface area contributed by atoms with Crippen molar-refractivity contribution in [3.8, 4) is 0 Å². The molecule has 1 amide bonds. The molecule has 2 aromatic carbocycles. The zero-order chi connectivity index (χ0) is 23.4. The molecule has 0 aliphatic heterocycles. The van der Waals surface area contributed by atoms with E-state index in [-0.39, 0.29) is 36.2 Å². The average molecular weight is 433 g/mol. The Kier molecular flexibility index (Phi) is 7.05. The second-order valence-electron chi connectivity index (χ2n) is 8.20. The monoisotopic (exact) mass is 432 g/mol. The van der Waals surface area contributed by atoms with Crippen molar-refractivity contribution in [3.05, 3.63) is 105 Å². The van der Waals surface area contributed by atoms with Crippen LogP contribution in [0, 0.1) is 6.92 Å². The Balaban J connectivity index is 2.10. The number of aliphatic hydroxyl groups is 1. The second kappa shape index (κ2) is 9.75. The number of hydrogen-bond donors (Lipinski definition) is 2. The van der Waals surface area contributed by atoms with Crippen LogP contribution in [-0.4, -0.2) is 28.0 Å². The van der Waals surface area contributed by atoms with Crippen molar-refractivity contribution in [1.82, 2.24) is 4.57 Å². The molecule has 3 rings (SSSR count). The molecule has 6 nitrogen and oxygen atoms in total. The molecule has 0 radical (unpaired) electrons. The summed E-state index contributed by atoms with van der Waals surface area (Å²) in [6.45, 7) is 3.69. The summed E-state index contributed by atoms with van der Waals surface area (Å²) in [4.78, 5) is 36.8. The predicted molar refractivity (Wildman–Crippen MR) is 124 cm³/mol. The molecule has 3 N–H and O–H groups in total. The van der Waals surface area contributed by atoms with Crippen molar-refractivity contribution in [3.63, 3.8) is 0 Å². The maximum absolute atomic E-state index is 13.2. The zero-order valence-corrected chi connectivity index (χ0v) is 18.5. The average Bonchev–Trinajstić information content (AvgIpc) is 2.78. The molecule has 0 spiro atoms. The van der Waals surface area contributed by atoms with E-state index in [1.165, 1.54) is 10.6 Å². The lowest BCUT2D eigenvalue weighted by Crippen LogP contribution is -2.19. The Hall–Kier alpha value is -3.51. The summed E-state index contributed by atoms with van der Waals surface area (Å²) in [5, 5.41) is 9.69. The lowest BCUT2D eigenvalue weighted by atomic mass is 9.81. The minimum atomic E-state index is -0.555. The van der Waals surface area contributed by atoms with Crippen molar-refractivity contribution in [2.75, 3.05) is 6.61 Å². The second-order valence-corrected chi connectivity index (χ2v) is 8.20. The fourth-order valence-corrected chi connectivity index (χ4v) is 3.98. The lowest BCUT2D eigenvalue weighted by Gasteiger charge is -2.22. The van der Waals surface area contributed by atoms with Gasteiger partial charge in [-0.1, -0.05) is 43.3 Å². The highest BCUT2D eigenvalue weighted by Crippen LogP contribution is 2.34. The number of pyridine rings is 1. The van der Waals surface area contributed by atoms with Crippen LogP contribution in [-0.2, 0) is 7.05 Å².